The van der Waals surface area contributed by atoms with Crippen LogP contribution in [0.4, 0.5) is 10.2 Å². The Morgan fingerprint density at radius 2 is 1.83 bits per heavy atom. The molecule has 0 amide bonds. The van der Waals surface area contributed by atoms with Gasteiger partial charge >= 0.3 is 0 Å². The van der Waals surface area contributed by atoms with Crippen molar-refractivity contribution in [3.63, 3.8) is 0 Å². The lowest BCUT2D eigenvalue weighted by Crippen LogP contribution is -1.96. The van der Waals surface area contributed by atoms with E-state index < -0.39 is 0 Å². The quantitative estimate of drug-likeness (QED) is 0.710. The Morgan fingerprint density at radius 1 is 1.06 bits per heavy atom. The standard InChI is InChI=1S/C14H10FN3/c15-11-5-3-9(4-6-11)12-8-10-2-1-7-17-14(10)18-13(12)16/h1-8H,(H2,16,17,18). The molecule has 0 spiro atoms. The van der Waals surface area contributed by atoms with Crippen LogP contribution < -0.4 is 5.73 Å². The van der Waals surface area contributed by atoms with Gasteiger partial charge in [0.2, 0.25) is 0 Å². The third-order valence-electron chi connectivity index (χ3n) is 2.77. The second-order valence-corrected chi connectivity index (χ2v) is 3.98. The predicted octanol–water partition coefficient (Wildman–Crippen LogP) is 3.02. The van der Waals surface area contributed by atoms with E-state index >= 15 is 0 Å². The highest BCUT2D eigenvalue weighted by molar-refractivity contribution is 5.86. The minimum Gasteiger partial charge on any atom is -0.383 e. The van der Waals surface area contributed by atoms with Gasteiger partial charge in [-0.05, 0) is 35.9 Å². The Morgan fingerprint density at radius 3 is 2.61 bits per heavy atom. The summed E-state index contributed by atoms with van der Waals surface area (Å²) in [6.45, 7) is 0. The third-order valence-corrected chi connectivity index (χ3v) is 2.77. The summed E-state index contributed by atoms with van der Waals surface area (Å²) in [5.74, 6) is 0.126. The molecule has 0 atom stereocenters. The molecule has 0 fully saturated rings. The lowest BCUT2D eigenvalue weighted by molar-refractivity contribution is 0.628. The minimum atomic E-state index is -0.271. The van der Waals surface area contributed by atoms with Crippen molar-refractivity contribution < 1.29 is 4.39 Å². The van der Waals surface area contributed by atoms with Crippen molar-refractivity contribution in [3.05, 3.63) is 54.5 Å². The fraction of sp³-hybridized carbons (Fsp3) is 0. The van der Waals surface area contributed by atoms with Gasteiger partial charge in [-0.1, -0.05) is 12.1 Å². The molecule has 0 radical (unpaired) electrons. The fourth-order valence-corrected chi connectivity index (χ4v) is 1.88. The molecule has 0 saturated heterocycles. The Labute approximate surface area is 103 Å². The molecule has 88 valence electrons. The summed E-state index contributed by atoms with van der Waals surface area (Å²) in [5.41, 5.74) is 8.15. The van der Waals surface area contributed by atoms with Gasteiger partial charge in [0.1, 0.15) is 11.6 Å². The molecule has 2 aromatic heterocycles. The summed E-state index contributed by atoms with van der Waals surface area (Å²) >= 11 is 0. The van der Waals surface area contributed by atoms with Crippen LogP contribution in [-0.2, 0) is 0 Å². The molecule has 0 aliphatic rings. The van der Waals surface area contributed by atoms with Crippen molar-refractivity contribution >= 4 is 16.9 Å². The highest BCUT2D eigenvalue weighted by atomic mass is 19.1. The van der Waals surface area contributed by atoms with Crippen molar-refractivity contribution in [2.75, 3.05) is 5.73 Å². The number of nitrogen functional groups attached to an aromatic ring is 1. The second-order valence-electron chi connectivity index (χ2n) is 3.98. The summed E-state index contributed by atoms with van der Waals surface area (Å²) < 4.78 is 12.9. The maximum atomic E-state index is 12.9. The highest BCUT2D eigenvalue weighted by Gasteiger charge is 2.06. The lowest BCUT2D eigenvalue weighted by atomic mass is 10.1. The van der Waals surface area contributed by atoms with E-state index in [0.29, 0.717) is 11.5 Å². The van der Waals surface area contributed by atoms with Crippen LogP contribution in [0.2, 0.25) is 0 Å². The molecule has 18 heavy (non-hydrogen) atoms. The molecule has 0 unspecified atom stereocenters. The van der Waals surface area contributed by atoms with Gasteiger partial charge in [0.05, 0.1) is 0 Å². The van der Waals surface area contributed by atoms with E-state index in [9.17, 15) is 4.39 Å². The zero-order chi connectivity index (χ0) is 12.5. The van der Waals surface area contributed by atoms with Crippen LogP contribution in [-0.4, -0.2) is 9.97 Å². The number of hydrogen-bond donors (Lipinski definition) is 1. The van der Waals surface area contributed by atoms with E-state index in [2.05, 4.69) is 9.97 Å². The van der Waals surface area contributed by atoms with Gasteiger partial charge in [0.15, 0.2) is 5.65 Å². The molecule has 3 nitrogen and oxygen atoms in total. The molecule has 3 rings (SSSR count). The molecule has 4 heteroatoms. The minimum absolute atomic E-state index is 0.271. The Balaban J connectivity index is 2.22. The molecular weight excluding hydrogens is 229 g/mol. The van der Waals surface area contributed by atoms with Crippen molar-refractivity contribution in [2.45, 2.75) is 0 Å². The maximum Gasteiger partial charge on any atom is 0.161 e. The SMILES string of the molecule is Nc1nc2ncccc2cc1-c1ccc(F)cc1. The predicted molar refractivity (Wildman–Crippen MR) is 69.3 cm³/mol. The second kappa shape index (κ2) is 4.07. The summed E-state index contributed by atoms with van der Waals surface area (Å²) in [4.78, 5) is 8.39. The van der Waals surface area contributed by atoms with Crippen LogP contribution >= 0.6 is 0 Å². The van der Waals surface area contributed by atoms with Gasteiger partial charge < -0.3 is 5.73 Å². The van der Waals surface area contributed by atoms with E-state index in [4.69, 9.17) is 5.73 Å². The van der Waals surface area contributed by atoms with Gasteiger partial charge in [-0.2, -0.15) is 0 Å². The average Bonchev–Trinajstić information content (AvgIpc) is 2.39. The van der Waals surface area contributed by atoms with Crippen LogP contribution in [0.5, 0.6) is 0 Å². The Kier molecular flexibility index (Phi) is 2.41. The molecule has 1 aromatic carbocycles. The third kappa shape index (κ3) is 1.78. The van der Waals surface area contributed by atoms with E-state index in [0.717, 1.165) is 16.5 Å². The lowest BCUT2D eigenvalue weighted by Gasteiger charge is -2.06. The fourth-order valence-electron chi connectivity index (χ4n) is 1.88. The van der Waals surface area contributed by atoms with Crippen LogP contribution in [0.15, 0.2) is 48.7 Å². The largest absolute Gasteiger partial charge is 0.383 e. The first-order valence-electron chi connectivity index (χ1n) is 5.51. The van der Waals surface area contributed by atoms with Gasteiger partial charge in [-0.25, -0.2) is 14.4 Å². The van der Waals surface area contributed by atoms with E-state index in [1.807, 2.05) is 18.2 Å². The van der Waals surface area contributed by atoms with Gasteiger partial charge in [0.25, 0.3) is 0 Å². The number of aromatic nitrogens is 2. The maximum absolute atomic E-state index is 12.9. The molecule has 2 heterocycles. The normalized spacial score (nSPS) is 10.7. The molecule has 0 bridgehead atoms. The van der Waals surface area contributed by atoms with Crippen LogP contribution in [0.25, 0.3) is 22.2 Å². The number of rotatable bonds is 1. The zero-order valence-corrected chi connectivity index (χ0v) is 9.47. The molecule has 0 aliphatic heterocycles. The first-order valence-corrected chi connectivity index (χ1v) is 5.51. The van der Waals surface area contributed by atoms with Crippen LogP contribution in [0, 0.1) is 5.82 Å². The van der Waals surface area contributed by atoms with E-state index in [1.165, 1.54) is 12.1 Å². The first-order chi connectivity index (χ1) is 8.74. The topological polar surface area (TPSA) is 51.8 Å². The highest BCUT2D eigenvalue weighted by Crippen LogP contribution is 2.27. The zero-order valence-electron chi connectivity index (χ0n) is 9.47. The van der Waals surface area contributed by atoms with Crippen molar-refractivity contribution in [1.29, 1.82) is 0 Å². The van der Waals surface area contributed by atoms with Crippen molar-refractivity contribution in [3.8, 4) is 11.1 Å². The summed E-state index contributed by atoms with van der Waals surface area (Å²) in [6, 6.07) is 11.9. The molecule has 0 aliphatic carbocycles. The van der Waals surface area contributed by atoms with Crippen molar-refractivity contribution in [1.82, 2.24) is 9.97 Å². The van der Waals surface area contributed by atoms with E-state index in [-0.39, 0.29) is 5.82 Å². The van der Waals surface area contributed by atoms with E-state index in [1.54, 1.807) is 18.3 Å². The average molecular weight is 239 g/mol. The van der Waals surface area contributed by atoms with Crippen molar-refractivity contribution in [2.24, 2.45) is 0 Å². The Bertz CT molecular complexity index is 708. The number of benzene rings is 1. The molecule has 2 N–H and O–H groups in total. The number of pyridine rings is 2. The van der Waals surface area contributed by atoms with Crippen LogP contribution in [0.3, 0.4) is 0 Å². The summed E-state index contributed by atoms with van der Waals surface area (Å²) in [7, 11) is 0. The van der Waals surface area contributed by atoms with Gasteiger partial charge in [-0.3, -0.25) is 0 Å². The number of fused-ring (bicyclic) bond motifs is 1. The number of halogens is 1. The first kappa shape index (κ1) is 10.7. The molecule has 3 aromatic rings. The smallest absolute Gasteiger partial charge is 0.161 e. The monoisotopic (exact) mass is 239 g/mol. The van der Waals surface area contributed by atoms with Gasteiger partial charge in [-0.15, -0.1) is 0 Å². The number of hydrogen-bond acceptors (Lipinski definition) is 3. The number of anilines is 1. The number of nitrogens with two attached hydrogens (primary N) is 1. The van der Waals surface area contributed by atoms with Crippen LogP contribution in [0.1, 0.15) is 0 Å². The molecular formula is C14H10FN3. The number of nitrogens with zero attached hydrogens (tertiary/aromatic N) is 2. The Hall–Kier alpha value is -2.49. The van der Waals surface area contributed by atoms with Gasteiger partial charge in [0, 0.05) is 17.1 Å². The summed E-state index contributed by atoms with van der Waals surface area (Å²) in [6.07, 6.45) is 1.67. The molecule has 0 saturated carbocycles. The summed E-state index contributed by atoms with van der Waals surface area (Å²) in [5, 5.41) is 0.908.